The number of halogens is 2. The van der Waals surface area contributed by atoms with Crippen molar-refractivity contribution in [2.45, 2.75) is 36.2 Å². The molecule has 1 N–H and O–H groups in total. The topological polar surface area (TPSA) is 12.0 Å². The summed E-state index contributed by atoms with van der Waals surface area (Å²) in [6.07, 6.45) is 0. The molecule has 0 aliphatic rings. The van der Waals surface area contributed by atoms with Crippen LogP contribution in [-0.2, 0) is 6.54 Å². The number of hydrogen-bond acceptors (Lipinski definition) is 2. The molecule has 2 aromatic rings. The summed E-state index contributed by atoms with van der Waals surface area (Å²) in [5, 5.41) is 3.44. The van der Waals surface area contributed by atoms with Crippen LogP contribution in [-0.4, -0.2) is 6.04 Å². The second-order valence-corrected chi connectivity index (χ2v) is 7.77. The molecule has 106 valence electrons. The van der Waals surface area contributed by atoms with Crippen molar-refractivity contribution >= 4 is 43.6 Å². The molecule has 1 nitrogen and oxygen atoms in total. The highest BCUT2D eigenvalue weighted by Crippen LogP contribution is 2.32. The Balaban J connectivity index is 2.09. The fourth-order valence-electron chi connectivity index (χ4n) is 1.72. The number of rotatable bonds is 5. The molecule has 0 saturated carbocycles. The highest BCUT2D eigenvalue weighted by atomic mass is 79.9. The minimum absolute atomic E-state index is 0.498. The summed E-state index contributed by atoms with van der Waals surface area (Å²) in [4.78, 5) is 2.47. The lowest BCUT2D eigenvalue weighted by Gasteiger charge is -2.11. The average molecular weight is 415 g/mol. The lowest BCUT2D eigenvalue weighted by molar-refractivity contribution is 0.587. The van der Waals surface area contributed by atoms with E-state index < -0.39 is 0 Å². The molecule has 2 aromatic carbocycles. The molecule has 0 fully saturated rings. The zero-order valence-electron chi connectivity index (χ0n) is 11.5. The van der Waals surface area contributed by atoms with Crippen molar-refractivity contribution in [1.29, 1.82) is 0 Å². The van der Waals surface area contributed by atoms with E-state index in [9.17, 15) is 0 Å². The first-order chi connectivity index (χ1) is 9.54. The lowest BCUT2D eigenvalue weighted by atomic mass is 10.2. The Hall–Kier alpha value is -0.290. The van der Waals surface area contributed by atoms with Crippen LogP contribution in [0.25, 0.3) is 0 Å². The van der Waals surface area contributed by atoms with E-state index in [-0.39, 0.29) is 0 Å². The summed E-state index contributed by atoms with van der Waals surface area (Å²) in [6.45, 7) is 5.21. The van der Waals surface area contributed by atoms with Crippen LogP contribution in [0.2, 0.25) is 0 Å². The Labute approximate surface area is 141 Å². The van der Waals surface area contributed by atoms with E-state index in [2.05, 4.69) is 87.4 Å². The number of nitrogens with one attached hydrogen (secondary N) is 1. The summed E-state index contributed by atoms with van der Waals surface area (Å²) in [5.74, 6) is 0. The van der Waals surface area contributed by atoms with Gasteiger partial charge in [-0.3, -0.25) is 0 Å². The highest BCUT2D eigenvalue weighted by Gasteiger charge is 2.04. The third-order valence-corrected chi connectivity index (χ3v) is 4.97. The molecule has 4 heteroatoms. The SMILES string of the molecule is CC(C)NCc1ccc(Sc2cccc(Br)c2)cc1Br. The van der Waals surface area contributed by atoms with Gasteiger partial charge in [0.2, 0.25) is 0 Å². The minimum atomic E-state index is 0.498. The van der Waals surface area contributed by atoms with Crippen LogP contribution in [0.5, 0.6) is 0 Å². The Kier molecular flexibility index (Phi) is 6.15. The number of benzene rings is 2. The molecular weight excluding hydrogens is 398 g/mol. The molecule has 0 aliphatic carbocycles. The molecule has 20 heavy (non-hydrogen) atoms. The van der Waals surface area contributed by atoms with E-state index >= 15 is 0 Å². The van der Waals surface area contributed by atoms with Crippen molar-refractivity contribution < 1.29 is 0 Å². The Morgan fingerprint density at radius 1 is 1.05 bits per heavy atom. The zero-order valence-corrected chi connectivity index (χ0v) is 15.5. The Bertz CT molecular complexity index is 584. The smallest absolute Gasteiger partial charge is 0.0231 e. The van der Waals surface area contributed by atoms with E-state index in [1.54, 1.807) is 11.8 Å². The van der Waals surface area contributed by atoms with Crippen LogP contribution >= 0.6 is 43.6 Å². The van der Waals surface area contributed by atoms with Crippen molar-refractivity contribution in [2.75, 3.05) is 0 Å². The van der Waals surface area contributed by atoms with Gasteiger partial charge in [0.15, 0.2) is 0 Å². The highest BCUT2D eigenvalue weighted by molar-refractivity contribution is 9.10. The van der Waals surface area contributed by atoms with Crippen LogP contribution in [0.4, 0.5) is 0 Å². The summed E-state index contributed by atoms with van der Waals surface area (Å²) < 4.78 is 2.27. The largest absolute Gasteiger partial charge is 0.310 e. The molecule has 0 aromatic heterocycles. The summed E-state index contributed by atoms with van der Waals surface area (Å²) in [7, 11) is 0. The molecular formula is C16H17Br2NS. The van der Waals surface area contributed by atoms with Gasteiger partial charge in [0.1, 0.15) is 0 Å². The molecule has 0 unspecified atom stereocenters. The maximum absolute atomic E-state index is 3.66. The first kappa shape index (κ1) is 16.1. The minimum Gasteiger partial charge on any atom is -0.310 e. The fourth-order valence-corrected chi connectivity index (χ4v) is 3.85. The van der Waals surface area contributed by atoms with Crippen LogP contribution in [0.3, 0.4) is 0 Å². The van der Waals surface area contributed by atoms with Gasteiger partial charge in [-0.05, 0) is 35.9 Å². The van der Waals surface area contributed by atoms with Crippen LogP contribution in [0.15, 0.2) is 61.2 Å². The molecule has 0 amide bonds. The van der Waals surface area contributed by atoms with Crippen molar-refractivity contribution in [2.24, 2.45) is 0 Å². The van der Waals surface area contributed by atoms with Crippen LogP contribution in [0.1, 0.15) is 19.4 Å². The molecule has 0 aliphatic heterocycles. The van der Waals surface area contributed by atoms with Gasteiger partial charge in [-0.15, -0.1) is 0 Å². The third-order valence-electron chi connectivity index (χ3n) is 2.76. The average Bonchev–Trinajstić information content (AvgIpc) is 2.37. The molecule has 2 rings (SSSR count). The molecule has 0 spiro atoms. The summed E-state index contributed by atoms with van der Waals surface area (Å²) >= 11 is 8.94. The van der Waals surface area contributed by atoms with Crippen molar-refractivity contribution in [1.82, 2.24) is 5.32 Å². The summed E-state index contributed by atoms with van der Waals surface area (Å²) in [6, 6.07) is 15.4. The maximum atomic E-state index is 3.66. The van der Waals surface area contributed by atoms with Gasteiger partial charge < -0.3 is 5.32 Å². The van der Waals surface area contributed by atoms with E-state index in [1.807, 2.05) is 6.07 Å². The first-order valence-corrected chi connectivity index (χ1v) is 8.90. The van der Waals surface area contributed by atoms with Gasteiger partial charge >= 0.3 is 0 Å². The van der Waals surface area contributed by atoms with Crippen LogP contribution in [0, 0.1) is 0 Å². The van der Waals surface area contributed by atoms with E-state index in [0.29, 0.717) is 6.04 Å². The van der Waals surface area contributed by atoms with Gasteiger partial charge in [0.05, 0.1) is 0 Å². The van der Waals surface area contributed by atoms with Crippen molar-refractivity contribution in [3.05, 3.63) is 57.0 Å². The van der Waals surface area contributed by atoms with E-state index in [1.165, 1.54) is 15.4 Å². The monoisotopic (exact) mass is 413 g/mol. The molecule has 0 radical (unpaired) electrons. The predicted octanol–water partition coefficient (Wildman–Crippen LogP) is 5.86. The van der Waals surface area contributed by atoms with Crippen molar-refractivity contribution in [3.8, 4) is 0 Å². The van der Waals surface area contributed by atoms with Gasteiger partial charge in [0, 0.05) is 31.3 Å². The first-order valence-electron chi connectivity index (χ1n) is 6.50. The predicted molar refractivity (Wildman–Crippen MR) is 94.4 cm³/mol. The molecule has 0 heterocycles. The number of hydrogen-bond donors (Lipinski definition) is 1. The van der Waals surface area contributed by atoms with Crippen LogP contribution < -0.4 is 5.32 Å². The second-order valence-electron chi connectivity index (χ2n) is 4.85. The van der Waals surface area contributed by atoms with Gasteiger partial charge in [-0.2, -0.15) is 0 Å². The standard InChI is InChI=1S/C16H17Br2NS/c1-11(2)19-10-12-6-7-15(9-16(12)18)20-14-5-3-4-13(17)8-14/h3-9,11,19H,10H2,1-2H3. The third kappa shape index (κ3) is 4.92. The molecule has 0 atom stereocenters. The molecule has 0 bridgehead atoms. The van der Waals surface area contributed by atoms with E-state index in [0.717, 1.165) is 15.5 Å². The Morgan fingerprint density at radius 3 is 2.45 bits per heavy atom. The van der Waals surface area contributed by atoms with E-state index in [4.69, 9.17) is 0 Å². The van der Waals surface area contributed by atoms with Gasteiger partial charge in [-0.25, -0.2) is 0 Å². The second kappa shape index (κ2) is 7.64. The normalized spacial score (nSPS) is 11.1. The quantitative estimate of drug-likeness (QED) is 0.657. The van der Waals surface area contributed by atoms with Gasteiger partial charge in [0.25, 0.3) is 0 Å². The van der Waals surface area contributed by atoms with Gasteiger partial charge in [-0.1, -0.05) is 69.6 Å². The maximum Gasteiger partial charge on any atom is 0.0231 e. The zero-order chi connectivity index (χ0) is 14.5. The molecule has 0 saturated heterocycles. The summed E-state index contributed by atoms with van der Waals surface area (Å²) in [5.41, 5.74) is 1.29. The van der Waals surface area contributed by atoms with Crippen molar-refractivity contribution in [3.63, 3.8) is 0 Å². The lowest BCUT2D eigenvalue weighted by Crippen LogP contribution is -2.21. The Morgan fingerprint density at radius 2 is 1.80 bits per heavy atom. The fraction of sp³-hybridized carbons (Fsp3) is 0.250.